The van der Waals surface area contributed by atoms with Crippen LogP contribution in [0.2, 0.25) is 0 Å². The average Bonchev–Trinajstić information content (AvgIpc) is 2.90. The maximum atomic E-state index is 5.52. The number of anilines is 1. The van der Waals surface area contributed by atoms with Crippen LogP contribution in [0.3, 0.4) is 0 Å². The summed E-state index contributed by atoms with van der Waals surface area (Å²) >= 11 is 3.65. The van der Waals surface area contributed by atoms with Crippen molar-refractivity contribution < 1.29 is 0 Å². The fourth-order valence-corrected chi connectivity index (χ4v) is 5.40. The molecule has 1 fully saturated rings. The number of aryl methyl sites for hydroxylation is 1. The number of fused-ring (bicyclic) bond motifs is 1. The third-order valence-electron chi connectivity index (χ3n) is 4.05. The minimum atomic E-state index is 0.526. The molecule has 21 heavy (non-hydrogen) atoms. The van der Waals surface area contributed by atoms with E-state index in [-0.39, 0.29) is 0 Å². The van der Waals surface area contributed by atoms with Crippen molar-refractivity contribution in [2.45, 2.75) is 56.2 Å². The van der Waals surface area contributed by atoms with E-state index in [0.717, 1.165) is 22.2 Å². The van der Waals surface area contributed by atoms with Gasteiger partial charge in [0.2, 0.25) is 5.95 Å². The van der Waals surface area contributed by atoms with Crippen molar-refractivity contribution in [3.05, 3.63) is 10.9 Å². The highest BCUT2D eigenvalue weighted by atomic mass is 32.2. The second kappa shape index (κ2) is 6.50. The maximum absolute atomic E-state index is 5.52. The van der Waals surface area contributed by atoms with E-state index in [9.17, 15) is 0 Å². The second-order valence-corrected chi connectivity index (χ2v) is 8.20. The Morgan fingerprint density at radius 1 is 1.43 bits per heavy atom. The number of hydrazine groups is 1. The Balaban J connectivity index is 1.93. The van der Waals surface area contributed by atoms with Gasteiger partial charge in [0.15, 0.2) is 0 Å². The molecule has 0 saturated heterocycles. The zero-order valence-corrected chi connectivity index (χ0v) is 14.2. The summed E-state index contributed by atoms with van der Waals surface area (Å²) in [6.45, 7) is 4.53. The molecule has 2 aromatic rings. The highest BCUT2D eigenvalue weighted by Crippen LogP contribution is 2.39. The predicted octanol–water partition coefficient (Wildman–Crippen LogP) is 4.21. The molecule has 3 N–H and O–H groups in total. The Morgan fingerprint density at radius 2 is 2.29 bits per heavy atom. The molecule has 2 atom stereocenters. The third kappa shape index (κ3) is 3.33. The number of thiophene rings is 1. The third-order valence-corrected chi connectivity index (χ3v) is 6.52. The number of nitrogens with one attached hydrogen (secondary N) is 1. The van der Waals surface area contributed by atoms with Crippen LogP contribution in [0.15, 0.2) is 11.1 Å². The van der Waals surface area contributed by atoms with Crippen LogP contribution in [0.1, 0.15) is 44.4 Å². The molecule has 0 aromatic carbocycles. The molecule has 0 bridgehead atoms. The first-order valence-corrected chi connectivity index (χ1v) is 9.33. The molecule has 0 aliphatic heterocycles. The van der Waals surface area contributed by atoms with Gasteiger partial charge in [-0.05, 0) is 31.2 Å². The fourth-order valence-electron chi connectivity index (χ4n) is 2.92. The van der Waals surface area contributed by atoms with Crippen LogP contribution in [-0.4, -0.2) is 15.2 Å². The molecule has 3 rings (SSSR count). The van der Waals surface area contributed by atoms with Gasteiger partial charge in [-0.15, -0.1) is 23.1 Å². The molecule has 114 valence electrons. The summed E-state index contributed by atoms with van der Waals surface area (Å²) in [4.78, 5) is 11.5. The smallest absolute Gasteiger partial charge is 0.239 e. The van der Waals surface area contributed by atoms with Crippen molar-refractivity contribution in [3.8, 4) is 0 Å². The van der Waals surface area contributed by atoms with Crippen LogP contribution >= 0.6 is 23.1 Å². The molecule has 0 radical (unpaired) electrons. The molecule has 1 aliphatic carbocycles. The summed E-state index contributed by atoms with van der Waals surface area (Å²) in [5.74, 6) is 6.88. The Hall–Kier alpha value is -0.850. The Labute approximate surface area is 133 Å². The lowest BCUT2D eigenvalue weighted by molar-refractivity contribution is 0.394. The molecule has 0 amide bonds. The SMILES string of the molecule is CCc1cc2c(SC3CCCC(C)C3)nc(NN)nc2s1. The van der Waals surface area contributed by atoms with Gasteiger partial charge in [0.25, 0.3) is 0 Å². The maximum Gasteiger partial charge on any atom is 0.239 e. The quantitative estimate of drug-likeness (QED) is 0.501. The largest absolute Gasteiger partial charge is 0.292 e. The first-order chi connectivity index (χ1) is 10.2. The first kappa shape index (κ1) is 15.1. The molecule has 2 heterocycles. The van der Waals surface area contributed by atoms with E-state index in [1.165, 1.54) is 35.9 Å². The number of hydrogen-bond donors (Lipinski definition) is 2. The Kier molecular flexibility index (Phi) is 4.66. The van der Waals surface area contributed by atoms with Crippen molar-refractivity contribution in [2.24, 2.45) is 11.8 Å². The number of rotatable bonds is 4. The van der Waals surface area contributed by atoms with Crippen LogP contribution < -0.4 is 11.3 Å². The van der Waals surface area contributed by atoms with E-state index in [1.54, 1.807) is 11.3 Å². The summed E-state index contributed by atoms with van der Waals surface area (Å²) < 4.78 is 0. The van der Waals surface area contributed by atoms with Crippen molar-refractivity contribution >= 4 is 39.3 Å². The molecular formula is C15H22N4S2. The standard InChI is InChI=1S/C15H22N4S2/c1-3-10-8-12-13(20-10)17-15(19-16)18-14(12)21-11-6-4-5-9(2)7-11/h8-9,11H,3-7,16H2,1-2H3,(H,17,18,19). The van der Waals surface area contributed by atoms with Gasteiger partial charge in [-0.1, -0.05) is 26.7 Å². The van der Waals surface area contributed by atoms with Gasteiger partial charge >= 0.3 is 0 Å². The molecule has 2 unspecified atom stereocenters. The van der Waals surface area contributed by atoms with Gasteiger partial charge in [-0.2, -0.15) is 0 Å². The number of aromatic nitrogens is 2. The van der Waals surface area contributed by atoms with Crippen molar-refractivity contribution in [2.75, 3.05) is 5.43 Å². The average molecular weight is 323 g/mol. The van der Waals surface area contributed by atoms with Crippen molar-refractivity contribution in [3.63, 3.8) is 0 Å². The second-order valence-electron chi connectivity index (χ2n) is 5.79. The molecule has 1 aliphatic rings. The zero-order chi connectivity index (χ0) is 14.8. The normalized spacial score (nSPS) is 22.6. The van der Waals surface area contributed by atoms with Gasteiger partial charge in [-0.25, -0.2) is 15.8 Å². The summed E-state index contributed by atoms with van der Waals surface area (Å²) in [5.41, 5.74) is 2.60. The van der Waals surface area contributed by atoms with Crippen LogP contribution in [-0.2, 0) is 6.42 Å². The lowest BCUT2D eigenvalue weighted by Crippen LogP contribution is -2.16. The summed E-state index contributed by atoms with van der Waals surface area (Å²) in [6.07, 6.45) is 6.31. The van der Waals surface area contributed by atoms with E-state index >= 15 is 0 Å². The van der Waals surface area contributed by atoms with Crippen molar-refractivity contribution in [1.82, 2.24) is 9.97 Å². The van der Waals surface area contributed by atoms with Gasteiger partial charge in [0, 0.05) is 15.5 Å². The first-order valence-electron chi connectivity index (χ1n) is 7.63. The van der Waals surface area contributed by atoms with E-state index in [0.29, 0.717) is 11.2 Å². The van der Waals surface area contributed by atoms with Crippen LogP contribution in [0.4, 0.5) is 5.95 Å². The van der Waals surface area contributed by atoms with Gasteiger partial charge < -0.3 is 0 Å². The van der Waals surface area contributed by atoms with Gasteiger partial charge in [-0.3, -0.25) is 5.43 Å². The Morgan fingerprint density at radius 3 is 3.00 bits per heavy atom. The molecule has 2 aromatic heterocycles. The van der Waals surface area contributed by atoms with Crippen molar-refractivity contribution in [1.29, 1.82) is 0 Å². The number of nitrogens with two attached hydrogens (primary N) is 1. The summed E-state index contributed by atoms with van der Waals surface area (Å²) in [6, 6.07) is 2.24. The minimum absolute atomic E-state index is 0.526. The van der Waals surface area contributed by atoms with E-state index in [1.807, 2.05) is 11.8 Å². The monoisotopic (exact) mass is 322 g/mol. The lowest BCUT2D eigenvalue weighted by Gasteiger charge is -2.26. The topological polar surface area (TPSA) is 63.8 Å². The molecule has 4 nitrogen and oxygen atoms in total. The van der Waals surface area contributed by atoms with Gasteiger partial charge in [0.05, 0.1) is 0 Å². The van der Waals surface area contributed by atoms with Gasteiger partial charge in [0.1, 0.15) is 9.86 Å². The van der Waals surface area contributed by atoms with E-state index < -0.39 is 0 Å². The molecule has 6 heteroatoms. The number of nitrogens with zero attached hydrogens (tertiary/aromatic N) is 2. The fraction of sp³-hybridized carbons (Fsp3) is 0.600. The van der Waals surface area contributed by atoms with Crippen LogP contribution in [0, 0.1) is 5.92 Å². The molecule has 0 spiro atoms. The predicted molar refractivity (Wildman–Crippen MR) is 91.9 cm³/mol. The summed E-state index contributed by atoms with van der Waals surface area (Å²) in [5, 5.41) is 2.95. The van der Waals surface area contributed by atoms with E-state index in [4.69, 9.17) is 5.84 Å². The highest BCUT2D eigenvalue weighted by Gasteiger charge is 2.22. The summed E-state index contributed by atoms with van der Waals surface area (Å²) in [7, 11) is 0. The zero-order valence-electron chi connectivity index (χ0n) is 12.6. The van der Waals surface area contributed by atoms with Crippen LogP contribution in [0.25, 0.3) is 10.2 Å². The molecule has 1 saturated carbocycles. The lowest BCUT2D eigenvalue weighted by atomic mass is 9.91. The number of thioether (sulfide) groups is 1. The Bertz CT molecular complexity index is 625. The highest BCUT2D eigenvalue weighted by molar-refractivity contribution is 8.00. The minimum Gasteiger partial charge on any atom is -0.292 e. The van der Waals surface area contributed by atoms with E-state index in [2.05, 4.69) is 35.3 Å². The number of nitrogen functional groups attached to an aromatic ring is 1. The molecular weight excluding hydrogens is 300 g/mol. The number of hydrogen-bond acceptors (Lipinski definition) is 6. The van der Waals surface area contributed by atoms with Crippen LogP contribution in [0.5, 0.6) is 0 Å².